The van der Waals surface area contributed by atoms with Crippen LogP contribution in [0, 0.1) is 0 Å². The van der Waals surface area contributed by atoms with Crippen molar-refractivity contribution < 1.29 is 8.85 Å². The average molecular weight is 205 g/mol. The summed E-state index contributed by atoms with van der Waals surface area (Å²) in [7, 11) is -1.57. The van der Waals surface area contributed by atoms with Gasteiger partial charge in [-0.05, 0) is 13.8 Å². The van der Waals surface area contributed by atoms with E-state index in [0.717, 1.165) is 30.2 Å². The minimum Gasteiger partial charge on any atom is -0.392 e. The van der Waals surface area contributed by atoms with Gasteiger partial charge in [0.2, 0.25) is 0 Å². The van der Waals surface area contributed by atoms with Gasteiger partial charge in [0, 0.05) is 25.5 Å². The van der Waals surface area contributed by atoms with Crippen molar-refractivity contribution in [3.8, 4) is 0 Å². The van der Waals surface area contributed by atoms with Gasteiger partial charge in [0.05, 0.1) is 0 Å². The van der Waals surface area contributed by atoms with Gasteiger partial charge in [-0.1, -0.05) is 0 Å². The molecule has 1 heterocycles. The monoisotopic (exact) mass is 205 g/mol. The first kappa shape index (κ1) is 10.2. The zero-order valence-electron chi connectivity index (χ0n) is 7.58. The van der Waals surface area contributed by atoms with Gasteiger partial charge in [0.25, 0.3) is 0 Å². The van der Waals surface area contributed by atoms with Crippen LogP contribution in [0.4, 0.5) is 0 Å². The normalized spacial score (nSPS) is 17.1. The Hall–Kier alpha value is 0.157. The van der Waals surface area contributed by atoms with Crippen LogP contribution in [0.1, 0.15) is 13.8 Å². The standard InChI is InChI=1S/C7H15NO2SSi/c1-3-9-12(10-4-2)7-8-5-6-11-7/h12H,3-6H2,1-2H3. The highest BCUT2D eigenvalue weighted by atomic mass is 32.2. The zero-order valence-corrected chi connectivity index (χ0v) is 9.55. The Labute approximate surface area is 79.4 Å². The molecule has 3 nitrogen and oxygen atoms in total. The second-order valence-corrected chi connectivity index (χ2v) is 5.72. The molecule has 0 atom stereocenters. The number of nitrogens with zero attached hydrogens (tertiary/aromatic N) is 1. The van der Waals surface area contributed by atoms with Gasteiger partial charge in [-0.25, -0.2) is 0 Å². The maximum Gasteiger partial charge on any atom is 0.381 e. The fraction of sp³-hybridized carbons (Fsp3) is 0.857. The Bertz CT molecular complexity index is 159. The maximum atomic E-state index is 5.53. The molecule has 0 saturated heterocycles. The van der Waals surface area contributed by atoms with Gasteiger partial charge in [-0.15, -0.1) is 11.8 Å². The third-order valence-corrected chi connectivity index (χ3v) is 5.19. The van der Waals surface area contributed by atoms with Crippen molar-refractivity contribution in [2.75, 3.05) is 25.5 Å². The fourth-order valence-electron chi connectivity index (χ4n) is 0.988. The van der Waals surface area contributed by atoms with Crippen molar-refractivity contribution in [2.45, 2.75) is 13.8 Å². The second-order valence-electron chi connectivity index (χ2n) is 2.31. The van der Waals surface area contributed by atoms with Crippen LogP contribution in [0.25, 0.3) is 0 Å². The number of thioether (sulfide) groups is 1. The molecule has 0 aromatic heterocycles. The molecule has 1 aliphatic heterocycles. The van der Waals surface area contributed by atoms with Gasteiger partial charge in [-0.2, -0.15) is 0 Å². The zero-order chi connectivity index (χ0) is 8.81. The predicted octanol–water partition coefficient (Wildman–Crippen LogP) is 0.964. The van der Waals surface area contributed by atoms with E-state index in [9.17, 15) is 0 Å². The van der Waals surface area contributed by atoms with Crippen LogP contribution >= 0.6 is 11.8 Å². The molecular weight excluding hydrogens is 190 g/mol. The molecule has 5 heteroatoms. The van der Waals surface area contributed by atoms with Crippen LogP contribution in [-0.2, 0) is 8.85 Å². The Kier molecular flexibility index (Phi) is 4.90. The molecule has 0 spiro atoms. The van der Waals surface area contributed by atoms with Gasteiger partial charge >= 0.3 is 9.28 Å². The van der Waals surface area contributed by atoms with Crippen LogP contribution in [0.5, 0.6) is 0 Å². The van der Waals surface area contributed by atoms with E-state index in [1.165, 1.54) is 0 Å². The summed E-state index contributed by atoms with van der Waals surface area (Å²) < 4.78 is 12.2. The van der Waals surface area contributed by atoms with Crippen molar-refractivity contribution in [1.29, 1.82) is 0 Å². The number of hydrogen-bond donors (Lipinski definition) is 0. The predicted molar refractivity (Wildman–Crippen MR) is 55.2 cm³/mol. The molecule has 0 bridgehead atoms. The van der Waals surface area contributed by atoms with Gasteiger partial charge < -0.3 is 8.85 Å². The van der Waals surface area contributed by atoms with E-state index in [-0.39, 0.29) is 0 Å². The molecule has 70 valence electrons. The number of aliphatic imine (C=N–C) groups is 1. The van der Waals surface area contributed by atoms with Crippen LogP contribution in [0.2, 0.25) is 0 Å². The van der Waals surface area contributed by atoms with Crippen LogP contribution in [0.3, 0.4) is 0 Å². The summed E-state index contributed by atoms with van der Waals surface area (Å²) in [6, 6.07) is 0. The minimum atomic E-state index is -1.57. The van der Waals surface area contributed by atoms with E-state index in [0.29, 0.717) is 0 Å². The van der Waals surface area contributed by atoms with E-state index < -0.39 is 9.28 Å². The molecule has 0 unspecified atom stereocenters. The van der Waals surface area contributed by atoms with Crippen LogP contribution in [0.15, 0.2) is 4.99 Å². The van der Waals surface area contributed by atoms with Gasteiger partial charge in [0.15, 0.2) is 0 Å². The molecule has 0 saturated carbocycles. The molecule has 0 N–H and O–H groups in total. The van der Waals surface area contributed by atoms with E-state index in [1.54, 1.807) is 11.8 Å². The highest BCUT2D eigenvalue weighted by Gasteiger charge is 2.23. The first-order valence-electron chi connectivity index (χ1n) is 4.28. The fourth-order valence-corrected chi connectivity index (χ4v) is 4.13. The van der Waals surface area contributed by atoms with Crippen molar-refractivity contribution >= 4 is 25.7 Å². The molecule has 1 aliphatic rings. The van der Waals surface area contributed by atoms with E-state index >= 15 is 0 Å². The summed E-state index contributed by atoms with van der Waals surface area (Å²) in [5.74, 6) is 1.10. The summed E-state index contributed by atoms with van der Waals surface area (Å²) in [5, 5.41) is 0. The summed E-state index contributed by atoms with van der Waals surface area (Å²) in [6.45, 7) is 6.40. The SMILES string of the molecule is CCO[SiH](OCC)C1=NCCS1. The molecule has 12 heavy (non-hydrogen) atoms. The average Bonchev–Trinajstić information content (AvgIpc) is 2.56. The summed E-state index contributed by atoms with van der Waals surface area (Å²) in [4.78, 5) is 4.36. The summed E-state index contributed by atoms with van der Waals surface area (Å²) in [5.41, 5.74) is 0. The second kappa shape index (κ2) is 5.74. The van der Waals surface area contributed by atoms with Crippen molar-refractivity contribution in [2.24, 2.45) is 4.99 Å². The largest absolute Gasteiger partial charge is 0.392 e. The van der Waals surface area contributed by atoms with Gasteiger partial charge in [0.1, 0.15) is 4.67 Å². The lowest BCUT2D eigenvalue weighted by Gasteiger charge is -2.13. The number of hydrogen-bond acceptors (Lipinski definition) is 4. The minimum absolute atomic E-state index is 0.733. The highest BCUT2D eigenvalue weighted by molar-refractivity contribution is 8.17. The molecule has 0 fully saturated rings. The van der Waals surface area contributed by atoms with Crippen molar-refractivity contribution in [1.82, 2.24) is 0 Å². The van der Waals surface area contributed by atoms with Crippen LogP contribution in [-0.4, -0.2) is 39.5 Å². The Morgan fingerprint density at radius 3 is 2.50 bits per heavy atom. The summed E-state index contributed by atoms with van der Waals surface area (Å²) >= 11 is 1.79. The first-order chi connectivity index (χ1) is 5.88. The Balaban J connectivity index is 2.40. The molecule has 0 amide bonds. The Morgan fingerprint density at radius 1 is 1.42 bits per heavy atom. The van der Waals surface area contributed by atoms with Gasteiger partial charge in [-0.3, -0.25) is 4.99 Å². The molecule has 0 radical (unpaired) electrons. The van der Waals surface area contributed by atoms with E-state index in [4.69, 9.17) is 8.85 Å². The maximum absolute atomic E-state index is 5.53. The lowest BCUT2D eigenvalue weighted by molar-refractivity contribution is 0.229. The third kappa shape index (κ3) is 2.89. The van der Waals surface area contributed by atoms with E-state index in [2.05, 4.69) is 4.99 Å². The number of rotatable bonds is 5. The first-order valence-corrected chi connectivity index (χ1v) is 6.79. The molecule has 1 rings (SSSR count). The van der Waals surface area contributed by atoms with E-state index in [1.807, 2.05) is 13.8 Å². The lowest BCUT2D eigenvalue weighted by Crippen LogP contribution is -2.30. The smallest absolute Gasteiger partial charge is 0.381 e. The molecule has 0 aromatic rings. The molecule has 0 aromatic carbocycles. The molecule has 0 aliphatic carbocycles. The van der Waals surface area contributed by atoms with Crippen LogP contribution < -0.4 is 0 Å². The quantitative estimate of drug-likeness (QED) is 0.627. The Morgan fingerprint density at radius 2 is 2.08 bits per heavy atom. The van der Waals surface area contributed by atoms with Crippen molar-refractivity contribution in [3.05, 3.63) is 0 Å². The molecular formula is C7H15NO2SSi. The third-order valence-electron chi connectivity index (χ3n) is 1.45. The topological polar surface area (TPSA) is 30.8 Å². The lowest BCUT2D eigenvalue weighted by atomic mass is 10.8. The van der Waals surface area contributed by atoms with Crippen molar-refractivity contribution in [3.63, 3.8) is 0 Å². The summed E-state index contributed by atoms with van der Waals surface area (Å²) in [6.07, 6.45) is 0. The highest BCUT2D eigenvalue weighted by Crippen LogP contribution is 2.15.